The van der Waals surface area contributed by atoms with E-state index in [0.717, 1.165) is 44.2 Å². The second-order valence-electron chi connectivity index (χ2n) is 7.65. The van der Waals surface area contributed by atoms with E-state index in [1.165, 1.54) is 5.69 Å². The van der Waals surface area contributed by atoms with Gasteiger partial charge in [-0.3, -0.25) is 14.5 Å². The van der Waals surface area contributed by atoms with Gasteiger partial charge in [0.1, 0.15) is 0 Å². The zero-order valence-electron chi connectivity index (χ0n) is 14.0. The van der Waals surface area contributed by atoms with E-state index in [1.807, 2.05) is 12.1 Å². The normalized spacial score (nSPS) is 31.7. The first-order valence-corrected chi connectivity index (χ1v) is 9.57. The number of fused-ring (bicyclic) bond motifs is 4. The summed E-state index contributed by atoms with van der Waals surface area (Å²) in [6.07, 6.45) is 5.45. The highest BCUT2D eigenvalue weighted by atomic mass is 32.1. The Labute approximate surface area is 152 Å². The topological polar surface area (TPSA) is 52.7 Å². The molecule has 2 saturated heterocycles. The van der Waals surface area contributed by atoms with Crippen molar-refractivity contribution >= 4 is 34.8 Å². The van der Waals surface area contributed by atoms with E-state index >= 15 is 0 Å². The molecule has 1 N–H and O–H groups in total. The second kappa shape index (κ2) is 5.27. The standard InChI is InChI=1S/C19H21N3O2S/c23-16-19(17(24)22(13-8-9-13)18(25)20-16)11-12-5-1-2-6-14(12)21-10-4-3-7-15(19)21/h1-2,5-6,13,15H,3-4,7-11H2,(H,20,23,25)/t15-,19+/m0/s1. The third-order valence-corrected chi connectivity index (χ3v) is 6.50. The largest absolute Gasteiger partial charge is 0.367 e. The summed E-state index contributed by atoms with van der Waals surface area (Å²) in [5.74, 6) is -0.277. The Hall–Kier alpha value is -1.95. The van der Waals surface area contributed by atoms with Crippen LogP contribution in [0.2, 0.25) is 0 Å². The van der Waals surface area contributed by atoms with Crippen LogP contribution in [0.4, 0.5) is 5.69 Å². The number of carbonyl (C=O) groups excluding carboxylic acids is 2. The van der Waals surface area contributed by atoms with Crippen LogP contribution in [-0.2, 0) is 16.0 Å². The molecule has 3 aliphatic heterocycles. The van der Waals surface area contributed by atoms with Crippen molar-refractivity contribution in [1.29, 1.82) is 0 Å². The number of piperidine rings is 1. The molecule has 3 fully saturated rings. The zero-order valence-corrected chi connectivity index (χ0v) is 14.8. The molecule has 2 amide bonds. The molecule has 25 heavy (non-hydrogen) atoms. The van der Waals surface area contributed by atoms with Crippen LogP contribution in [0.25, 0.3) is 0 Å². The maximum atomic E-state index is 13.6. The van der Waals surface area contributed by atoms with Gasteiger partial charge in [-0.15, -0.1) is 0 Å². The lowest BCUT2D eigenvalue weighted by Gasteiger charge is -2.54. The van der Waals surface area contributed by atoms with Gasteiger partial charge in [0, 0.05) is 18.3 Å². The van der Waals surface area contributed by atoms with Crippen molar-refractivity contribution in [3.8, 4) is 0 Å². The summed E-state index contributed by atoms with van der Waals surface area (Å²) in [5.41, 5.74) is 1.23. The quantitative estimate of drug-likeness (QED) is 0.618. The highest BCUT2D eigenvalue weighted by Crippen LogP contribution is 2.48. The molecule has 1 saturated carbocycles. The predicted molar refractivity (Wildman–Crippen MR) is 98.2 cm³/mol. The monoisotopic (exact) mass is 355 g/mol. The fourth-order valence-corrected chi connectivity index (χ4v) is 5.20. The van der Waals surface area contributed by atoms with Crippen LogP contribution in [-0.4, -0.2) is 40.5 Å². The van der Waals surface area contributed by atoms with Crippen molar-refractivity contribution in [1.82, 2.24) is 10.2 Å². The molecule has 0 aromatic heterocycles. The highest BCUT2D eigenvalue weighted by Gasteiger charge is 2.62. The van der Waals surface area contributed by atoms with Crippen molar-refractivity contribution in [2.24, 2.45) is 5.41 Å². The van der Waals surface area contributed by atoms with Gasteiger partial charge < -0.3 is 10.2 Å². The SMILES string of the molecule is O=C1NC(=S)N(C2CC2)C(=O)[C@@]12Cc1ccccc1N1CCCC[C@H]12. The first-order chi connectivity index (χ1) is 12.1. The molecule has 130 valence electrons. The molecule has 1 spiro atoms. The van der Waals surface area contributed by atoms with Gasteiger partial charge in [0.15, 0.2) is 10.5 Å². The number of thiocarbonyl (C=S) groups is 1. The summed E-state index contributed by atoms with van der Waals surface area (Å²) >= 11 is 5.33. The number of anilines is 1. The van der Waals surface area contributed by atoms with Gasteiger partial charge in [-0.1, -0.05) is 18.2 Å². The lowest BCUT2D eigenvalue weighted by molar-refractivity contribution is -0.153. The van der Waals surface area contributed by atoms with E-state index in [1.54, 1.807) is 4.90 Å². The number of hydrogen-bond donors (Lipinski definition) is 1. The Bertz CT molecular complexity index is 791. The van der Waals surface area contributed by atoms with Gasteiger partial charge >= 0.3 is 0 Å². The molecule has 0 unspecified atom stereocenters. The first-order valence-electron chi connectivity index (χ1n) is 9.16. The van der Waals surface area contributed by atoms with E-state index in [9.17, 15) is 9.59 Å². The van der Waals surface area contributed by atoms with Crippen LogP contribution in [0.3, 0.4) is 0 Å². The molecule has 4 aliphatic rings. The van der Waals surface area contributed by atoms with E-state index in [2.05, 4.69) is 22.3 Å². The highest BCUT2D eigenvalue weighted by molar-refractivity contribution is 7.80. The Morgan fingerprint density at radius 3 is 2.72 bits per heavy atom. The Morgan fingerprint density at radius 1 is 1.12 bits per heavy atom. The van der Waals surface area contributed by atoms with Gasteiger partial charge in [0.2, 0.25) is 11.8 Å². The number of carbonyl (C=O) groups is 2. The molecule has 0 radical (unpaired) electrons. The van der Waals surface area contributed by atoms with Gasteiger partial charge in [0.25, 0.3) is 0 Å². The van der Waals surface area contributed by atoms with E-state index < -0.39 is 5.41 Å². The molecule has 1 aliphatic carbocycles. The summed E-state index contributed by atoms with van der Waals surface area (Å²) in [7, 11) is 0. The van der Waals surface area contributed by atoms with Crippen LogP contribution in [0.5, 0.6) is 0 Å². The van der Waals surface area contributed by atoms with Crippen LogP contribution in [0.1, 0.15) is 37.7 Å². The minimum Gasteiger partial charge on any atom is -0.367 e. The predicted octanol–water partition coefficient (Wildman–Crippen LogP) is 1.99. The smallest absolute Gasteiger partial charge is 0.247 e. The zero-order chi connectivity index (χ0) is 17.2. The van der Waals surface area contributed by atoms with E-state index in [0.29, 0.717) is 11.5 Å². The number of nitrogens with zero attached hydrogens (tertiary/aromatic N) is 2. The maximum Gasteiger partial charge on any atom is 0.247 e. The third-order valence-electron chi connectivity index (χ3n) is 6.20. The lowest BCUT2D eigenvalue weighted by Crippen LogP contribution is -2.72. The molecule has 6 heteroatoms. The molecule has 1 aromatic carbocycles. The van der Waals surface area contributed by atoms with Gasteiger partial charge in [-0.25, -0.2) is 0 Å². The van der Waals surface area contributed by atoms with Crippen LogP contribution in [0, 0.1) is 5.41 Å². The summed E-state index contributed by atoms with van der Waals surface area (Å²) in [6, 6.07) is 8.30. The van der Waals surface area contributed by atoms with Crippen molar-refractivity contribution in [2.75, 3.05) is 11.4 Å². The Kier molecular flexibility index (Phi) is 3.23. The summed E-state index contributed by atoms with van der Waals surface area (Å²) in [6.45, 7) is 0.901. The molecule has 2 atom stereocenters. The number of hydrogen-bond acceptors (Lipinski definition) is 4. The number of nitrogens with one attached hydrogen (secondary N) is 1. The average Bonchev–Trinajstić information content (AvgIpc) is 3.45. The molecule has 5 rings (SSSR count). The van der Waals surface area contributed by atoms with Crippen molar-refractivity contribution < 1.29 is 9.59 Å². The first kappa shape index (κ1) is 15.3. The van der Waals surface area contributed by atoms with E-state index in [4.69, 9.17) is 12.2 Å². The van der Waals surface area contributed by atoms with Crippen LogP contribution >= 0.6 is 12.2 Å². The number of para-hydroxylation sites is 1. The third kappa shape index (κ3) is 2.03. The Balaban J connectivity index is 1.66. The average molecular weight is 355 g/mol. The van der Waals surface area contributed by atoms with Crippen molar-refractivity contribution in [3.05, 3.63) is 29.8 Å². The minimum absolute atomic E-state index is 0.0739. The van der Waals surface area contributed by atoms with Crippen molar-refractivity contribution in [2.45, 2.75) is 50.6 Å². The Morgan fingerprint density at radius 2 is 1.92 bits per heavy atom. The molecule has 3 heterocycles. The fourth-order valence-electron chi connectivity index (χ4n) is 4.88. The number of benzene rings is 1. The van der Waals surface area contributed by atoms with Crippen LogP contribution in [0.15, 0.2) is 24.3 Å². The molecular formula is C19H21N3O2S. The van der Waals surface area contributed by atoms with Crippen molar-refractivity contribution in [3.63, 3.8) is 0 Å². The number of amides is 2. The summed E-state index contributed by atoms with van der Waals surface area (Å²) in [4.78, 5) is 30.8. The molecule has 0 bridgehead atoms. The second-order valence-corrected chi connectivity index (χ2v) is 8.03. The molecule has 5 nitrogen and oxygen atoms in total. The van der Waals surface area contributed by atoms with Gasteiger partial charge in [0.05, 0.1) is 6.04 Å². The lowest BCUT2D eigenvalue weighted by atomic mass is 9.66. The van der Waals surface area contributed by atoms with Crippen LogP contribution < -0.4 is 10.2 Å². The molecular weight excluding hydrogens is 334 g/mol. The fraction of sp³-hybridized carbons (Fsp3) is 0.526. The van der Waals surface area contributed by atoms with Gasteiger partial charge in [-0.2, -0.15) is 0 Å². The van der Waals surface area contributed by atoms with Gasteiger partial charge in [-0.05, 0) is 62.4 Å². The van der Waals surface area contributed by atoms with E-state index in [-0.39, 0.29) is 23.9 Å². The summed E-state index contributed by atoms with van der Waals surface area (Å²) in [5, 5.41) is 3.17. The maximum absolute atomic E-state index is 13.6. The molecule has 1 aromatic rings. The summed E-state index contributed by atoms with van der Waals surface area (Å²) < 4.78 is 0. The number of rotatable bonds is 1. The minimum atomic E-state index is -1.04.